The summed E-state index contributed by atoms with van der Waals surface area (Å²) in [5.41, 5.74) is 0.0709. The summed E-state index contributed by atoms with van der Waals surface area (Å²) < 4.78 is 5.77. The standard InChI is InChI=1S/C15H29NO2/c1-4-18-12-7-6-10-16(11-12)13-8-5-9-15(2,3)14(13)17/h12-14,17H,4-11H2,1-3H3. The minimum atomic E-state index is -0.188. The molecule has 1 saturated carbocycles. The first-order valence-electron chi connectivity index (χ1n) is 7.58. The van der Waals surface area contributed by atoms with Crippen LogP contribution in [-0.4, -0.2) is 48.0 Å². The Hall–Kier alpha value is -0.120. The van der Waals surface area contributed by atoms with Gasteiger partial charge in [0, 0.05) is 19.2 Å². The lowest BCUT2D eigenvalue weighted by Gasteiger charge is -2.47. The number of hydrogen-bond donors (Lipinski definition) is 1. The summed E-state index contributed by atoms with van der Waals surface area (Å²) in [5, 5.41) is 10.6. The van der Waals surface area contributed by atoms with Crippen LogP contribution in [0.25, 0.3) is 0 Å². The van der Waals surface area contributed by atoms with Gasteiger partial charge in [0.25, 0.3) is 0 Å². The Labute approximate surface area is 112 Å². The molecular formula is C15H29NO2. The molecule has 2 aliphatic rings. The van der Waals surface area contributed by atoms with Gasteiger partial charge in [-0.3, -0.25) is 4.90 Å². The van der Waals surface area contributed by atoms with Gasteiger partial charge in [-0.1, -0.05) is 20.3 Å². The highest BCUT2D eigenvalue weighted by Gasteiger charge is 2.41. The van der Waals surface area contributed by atoms with E-state index >= 15 is 0 Å². The molecule has 18 heavy (non-hydrogen) atoms. The van der Waals surface area contributed by atoms with Crippen LogP contribution in [0.4, 0.5) is 0 Å². The molecule has 0 aromatic heterocycles. The Morgan fingerprint density at radius 2 is 2.06 bits per heavy atom. The molecule has 3 atom stereocenters. The second kappa shape index (κ2) is 5.89. The van der Waals surface area contributed by atoms with E-state index in [1.807, 2.05) is 0 Å². The molecule has 0 amide bonds. The Morgan fingerprint density at radius 3 is 2.78 bits per heavy atom. The zero-order valence-corrected chi connectivity index (χ0v) is 12.2. The maximum Gasteiger partial charge on any atom is 0.0746 e. The van der Waals surface area contributed by atoms with E-state index in [2.05, 4.69) is 25.7 Å². The monoisotopic (exact) mass is 255 g/mol. The molecule has 0 aromatic carbocycles. The molecule has 3 nitrogen and oxygen atoms in total. The summed E-state index contributed by atoms with van der Waals surface area (Å²) in [4.78, 5) is 2.48. The zero-order chi connectivity index (χ0) is 13.2. The summed E-state index contributed by atoms with van der Waals surface area (Å²) in [6.45, 7) is 9.41. The first-order valence-corrected chi connectivity index (χ1v) is 7.58. The fourth-order valence-corrected chi connectivity index (χ4v) is 3.61. The molecule has 1 N–H and O–H groups in total. The third-order valence-electron chi connectivity index (χ3n) is 4.77. The van der Waals surface area contributed by atoms with Crippen LogP contribution in [0.3, 0.4) is 0 Å². The molecule has 106 valence electrons. The van der Waals surface area contributed by atoms with E-state index in [1.165, 1.54) is 19.3 Å². The number of hydrogen-bond acceptors (Lipinski definition) is 3. The van der Waals surface area contributed by atoms with Gasteiger partial charge >= 0.3 is 0 Å². The Morgan fingerprint density at radius 1 is 1.28 bits per heavy atom. The predicted octanol–water partition coefficient (Wildman–Crippen LogP) is 2.43. The lowest BCUT2D eigenvalue weighted by molar-refractivity contribution is -0.0838. The molecule has 3 unspecified atom stereocenters. The molecule has 1 aliphatic carbocycles. The highest BCUT2D eigenvalue weighted by atomic mass is 16.5. The third kappa shape index (κ3) is 3.06. The van der Waals surface area contributed by atoms with Gasteiger partial charge in [-0.2, -0.15) is 0 Å². The SMILES string of the molecule is CCOC1CCCN(C2CCCC(C)(C)C2O)C1. The first kappa shape index (κ1) is 14.3. The summed E-state index contributed by atoms with van der Waals surface area (Å²) in [6, 6.07) is 0.344. The van der Waals surface area contributed by atoms with Crippen LogP contribution < -0.4 is 0 Å². The van der Waals surface area contributed by atoms with Gasteiger partial charge in [0.05, 0.1) is 12.2 Å². The topological polar surface area (TPSA) is 32.7 Å². The minimum Gasteiger partial charge on any atom is -0.391 e. The smallest absolute Gasteiger partial charge is 0.0746 e. The van der Waals surface area contributed by atoms with Crippen molar-refractivity contribution in [2.45, 2.75) is 71.1 Å². The fourth-order valence-electron chi connectivity index (χ4n) is 3.61. The van der Waals surface area contributed by atoms with Crippen molar-refractivity contribution in [3.8, 4) is 0 Å². The Bertz CT molecular complexity index is 265. The molecule has 3 heteroatoms. The lowest BCUT2D eigenvalue weighted by Crippen LogP contribution is -2.55. The number of likely N-dealkylation sites (tertiary alicyclic amines) is 1. The normalized spacial score (nSPS) is 37.7. The van der Waals surface area contributed by atoms with E-state index in [4.69, 9.17) is 4.74 Å². The molecule has 0 bridgehead atoms. The molecular weight excluding hydrogens is 226 g/mol. The molecule has 2 fully saturated rings. The number of ether oxygens (including phenoxy) is 1. The van der Waals surface area contributed by atoms with Crippen molar-refractivity contribution in [3.63, 3.8) is 0 Å². The molecule has 0 spiro atoms. The second-order valence-electron chi connectivity index (χ2n) is 6.61. The van der Waals surface area contributed by atoms with Crippen LogP contribution in [0.2, 0.25) is 0 Å². The van der Waals surface area contributed by atoms with Crippen LogP contribution in [0.5, 0.6) is 0 Å². The molecule has 0 radical (unpaired) electrons. The fraction of sp³-hybridized carbons (Fsp3) is 1.00. The quantitative estimate of drug-likeness (QED) is 0.840. The van der Waals surface area contributed by atoms with Crippen LogP contribution in [0.15, 0.2) is 0 Å². The lowest BCUT2D eigenvalue weighted by atomic mass is 9.72. The number of aliphatic hydroxyl groups excluding tert-OH is 1. The maximum absolute atomic E-state index is 10.6. The van der Waals surface area contributed by atoms with Crippen LogP contribution >= 0.6 is 0 Å². The van der Waals surface area contributed by atoms with Crippen LogP contribution in [0, 0.1) is 5.41 Å². The summed E-state index contributed by atoms with van der Waals surface area (Å²) >= 11 is 0. The van der Waals surface area contributed by atoms with Crippen molar-refractivity contribution in [2.75, 3.05) is 19.7 Å². The average Bonchev–Trinajstić information content (AvgIpc) is 2.33. The Kier molecular flexibility index (Phi) is 4.68. The summed E-state index contributed by atoms with van der Waals surface area (Å²) in [6.07, 6.45) is 6.10. The van der Waals surface area contributed by atoms with Gasteiger partial charge in [0.15, 0.2) is 0 Å². The summed E-state index contributed by atoms with van der Waals surface area (Å²) in [7, 11) is 0. The molecule has 2 rings (SSSR count). The minimum absolute atomic E-state index is 0.0709. The number of nitrogens with zero attached hydrogens (tertiary/aromatic N) is 1. The van der Waals surface area contributed by atoms with E-state index in [0.717, 1.165) is 32.5 Å². The number of piperidine rings is 1. The first-order chi connectivity index (χ1) is 8.54. The predicted molar refractivity (Wildman–Crippen MR) is 73.6 cm³/mol. The maximum atomic E-state index is 10.6. The molecule has 0 aromatic rings. The van der Waals surface area contributed by atoms with Crippen LogP contribution in [-0.2, 0) is 4.74 Å². The van der Waals surface area contributed by atoms with Gasteiger partial charge in [-0.25, -0.2) is 0 Å². The van der Waals surface area contributed by atoms with E-state index in [1.54, 1.807) is 0 Å². The van der Waals surface area contributed by atoms with Crippen molar-refractivity contribution in [3.05, 3.63) is 0 Å². The van der Waals surface area contributed by atoms with Crippen molar-refractivity contribution < 1.29 is 9.84 Å². The van der Waals surface area contributed by atoms with Gasteiger partial charge < -0.3 is 9.84 Å². The van der Waals surface area contributed by atoms with Crippen molar-refractivity contribution in [2.24, 2.45) is 5.41 Å². The highest BCUT2D eigenvalue weighted by Crippen LogP contribution is 2.38. The number of aliphatic hydroxyl groups is 1. The Balaban J connectivity index is 1.97. The molecule has 1 heterocycles. The molecule has 1 saturated heterocycles. The van der Waals surface area contributed by atoms with Gasteiger partial charge in [-0.15, -0.1) is 0 Å². The van der Waals surface area contributed by atoms with Gasteiger partial charge in [0.1, 0.15) is 0 Å². The summed E-state index contributed by atoms with van der Waals surface area (Å²) in [5.74, 6) is 0. The second-order valence-corrected chi connectivity index (χ2v) is 6.61. The molecule has 1 aliphatic heterocycles. The van der Waals surface area contributed by atoms with Gasteiger partial charge in [0.2, 0.25) is 0 Å². The van der Waals surface area contributed by atoms with E-state index in [9.17, 15) is 5.11 Å². The third-order valence-corrected chi connectivity index (χ3v) is 4.77. The largest absolute Gasteiger partial charge is 0.391 e. The van der Waals surface area contributed by atoms with Crippen LogP contribution in [0.1, 0.15) is 52.9 Å². The van der Waals surface area contributed by atoms with E-state index in [-0.39, 0.29) is 11.5 Å². The van der Waals surface area contributed by atoms with Crippen molar-refractivity contribution in [1.82, 2.24) is 4.90 Å². The van der Waals surface area contributed by atoms with E-state index in [0.29, 0.717) is 12.1 Å². The van der Waals surface area contributed by atoms with Crippen molar-refractivity contribution >= 4 is 0 Å². The zero-order valence-electron chi connectivity index (χ0n) is 12.2. The number of rotatable bonds is 3. The van der Waals surface area contributed by atoms with E-state index < -0.39 is 0 Å². The van der Waals surface area contributed by atoms with Gasteiger partial charge in [-0.05, 0) is 44.6 Å². The average molecular weight is 255 g/mol. The van der Waals surface area contributed by atoms with Crippen molar-refractivity contribution in [1.29, 1.82) is 0 Å². The highest BCUT2D eigenvalue weighted by molar-refractivity contribution is 4.94.